The predicted octanol–water partition coefficient (Wildman–Crippen LogP) is 4.54. The van der Waals surface area contributed by atoms with E-state index in [0.717, 1.165) is 24.6 Å². The Morgan fingerprint density at radius 1 is 0.880 bits per heavy atom. The number of thioether (sulfide) groups is 1. The standard InChI is InChI=1S/C19H35NO4S/c1-3-4-5-6-7-8-9-10-11-12-13-14-18(23)25-16(2)19(24)20-15-17(21)22/h16H,3-15H2,1-2H3,(H,20,24)(H,21,22). The zero-order chi connectivity index (χ0) is 18.9. The third kappa shape index (κ3) is 16.2. The summed E-state index contributed by atoms with van der Waals surface area (Å²) in [7, 11) is 0. The first-order valence-corrected chi connectivity index (χ1v) is 10.5. The van der Waals surface area contributed by atoms with Crippen molar-refractivity contribution in [3.63, 3.8) is 0 Å². The van der Waals surface area contributed by atoms with Crippen LogP contribution in [0.15, 0.2) is 0 Å². The molecule has 0 radical (unpaired) electrons. The lowest BCUT2D eigenvalue weighted by Gasteiger charge is -2.09. The molecule has 1 atom stereocenters. The lowest BCUT2D eigenvalue weighted by atomic mass is 10.1. The molecule has 0 heterocycles. The fourth-order valence-electron chi connectivity index (χ4n) is 2.55. The molecular formula is C19H35NO4S. The van der Waals surface area contributed by atoms with E-state index in [1.54, 1.807) is 6.92 Å². The van der Waals surface area contributed by atoms with Crippen LogP contribution in [-0.2, 0) is 14.4 Å². The zero-order valence-electron chi connectivity index (χ0n) is 15.8. The fraction of sp³-hybridized carbons (Fsp3) is 0.842. The number of carbonyl (C=O) groups excluding carboxylic acids is 2. The van der Waals surface area contributed by atoms with E-state index in [0.29, 0.717) is 6.42 Å². The van der Waals surface area contributed by atoms with Gasteiger partial charge in [-0.3, -0.25) is 14.4 Å². The van der Waals surface area contributed by atoms with Crippen molar-refractivity contribution in [2.75, 3.05) is 6.54 Å². The van der Waals surface area contributed by atoms with Crippen molar-refractivity contribution >= 4 is 28.8 Å². The minimum absolute atomic E-state index is 0.00824. The van der Waals surface area contributed by atoms with Gasteiger partial charge in [0.15, 0.2) is 5.12 Å². The lowest BCUT2D eigenvalue weighted by molar-refractivity contribution is -0.137. The van der Waals surface area contributed by atoms with Gasteiger partial charge >= 0.3 is 5.97 Å². The molecule has 0 aromatic rings. The smallest absolute Gasteiger partial charge is 0.322 e. The fourth-order valence-corrected chi connectivity index (χ4v) is 3.40. The topological polar surface area (TPSA) is 83.5 Å². The Hall–Kier alpha value is -1.04. The van der Waals surface area contributed by atoms with Crippen LogP contribution in [0.4, 0.5) is 0 Å². The Labute approximate surface area is 156 Å². The SMILES string of the molecule is CCCCCCCCCCCCCC(=O)SC(C)C(=O)NCC(=O)O. The number of hydrogen-bond donors (Lipinski definition) is 2. The van der Waals surface area contributed by atoms with Crippen LogP contribution in [0.1, 0.15) is 90.9 Å². The van der Waals surface area contributed by atoms with Gasteiger partial charge < -0.3 is 10.4 Å². The van der Waals surface area contributed by atoms with Crippen LogP contribution < -0.4 is 5.32 Å². The molecule has 0 bridgehead atoms. The molecule has 0 aliphatic rings. The van der Waals surface area contributed by atoms with Crippen molar-refractivity contribution in [2.45, 2.75) is 96.1 Å². The molecule has 0 saturated heterocycles. The van der Waals surface area contributed by atoms with Gasteiger partial charge in [-0.25, -0.2) is 0 Å². The number of aliphatic carboxylic acids is 1. The highest BCUT2D eigenvalue weighted by atomic mass is 32.2. The Kier molecular flexibility index (Phi) is 15.7. The molecule has 25 heavy (non-hydrogen) atoms. The van der Waals surface area contributed by atoms with Gasteiger partial charge in [0, 0.05) is 6.42 Å². The molecule has 0 fully saturated rings. The van der Waals surface area contributed by atoms with Crippen LogP contribution in [-0.4, -0.2) is 33.9 Å². The van der Waals surface area contributed by atoms with Crippen LogP contribution in [0.25, 0.3) is 0 Å². The first-order valence-electron chi connectivity index (χ1n) is 9.66. The van der Waals surface area contributed by atoms with Gasteiger partial charge in [0.2, 0.25) is 5.91 Å². The summed E-state index contributed by atoms with van der Waals surface area (Å²) in [6.07, 6.45) is 14.1. The highest BCUT2D eigenvalue weighted by Gasteiger charge is 2.17. The summed E-state index contributed by atoms with van der Waals surface area (Å²) in [6, 6.07) is 0. The summed E-state index contributed by atoms with van der Waals surface area (Å²) in [5, 5.41) is 10.3. The van der Waals surface area contributed by atoms with Crippen molar-refractivity contribution < 1.29 is 19.5 Å². The first kappa shape index (κ1) is 24.0. The van der Waals surface area contributed by atoms with Crippen LogP contribution in [0.2, 0.25) is 0 Å². The third-order valence-electron chi connectivity index (χ3n) is 4.08. The molecule has 1 unspecified atom stereocenters. The number of carbonyl (C=O) groups is 3. The normalized spacial score (nSPS) is 11.9. The molecule has 1 amide bonds. The summed E-state index contributed by atoms with van der Waals surface area (Å²) in [5.41, 5.74) is 0. The van der Waals surface area contributed by atoms with E-state index in [4.69, 9.17) is 5.11 Å². The molecule has 0 rings (SSSR count). The van der Waals surface area contributed by atoms with Crippen molar-refractivity contribution in [2.24, 2.45) is 0 Å². The molecule has 0 aromatic heterocycles. The van der Waals surface area contributed by atoms with E-state index in [2.05, 4.69) is 12.2 Å². The van der Waals surface area contributed by atoms with E-state index >= 15 is 0 Å². The number of carboxylic acids is 1. The van der Waals surface area contributed by atoms with Crippen LogP contribution in [0.5, 0.6) is 0 Å². The molecule has 0 spiro atoms. The second-order valence-electron chi connectivity index (χ2n) is 6.53. The van der Waals surface area contributed by atoms with Gasteiger partial charge in [0.25, 0.3) is 0 Å². The minimum atomic E-state index is -1.09. The van der Waals surface area contributed by atoms with Gasteiger partial charge in [0.05, 0.1) is 5.25 Å². The molecule has 0 aliphatic carbocycles. The van der Waals surface area contributed by atoms with E-state index < -0.39 is 23.7 Å². The minimum Gasteiger partial charge on any atom is -0.480 e. The highest BCUT2D eigenvalue weighted by Crippen LogP contribution is 2.17. The average molecular weight is 374 g/mol. The van der Waals surface area contributed by atoms with Crippen molar-refractivity contribution in [1.82, 2.24) is 5.32 Å². The summed E-state index contributed by atoms with van der Waals surface area (Å²) in [4.78, 5) is 33.8. The van der Waals surface area contributed by atoms with Crippen LogP contribution in [0.3, 0.4) is 0 Å². The maximum Gasteiger partial charge on any atom is 0.322 e. The second kappa shape index (κ2) is 16.4. The van der Waals surface area contributed by atoms with Gasteiger partial charge in [-0.15, -0.1) is 0 Å². The van der Waals surface area contributed by atoms with Gasteiger partial charge in [-0.2, -0.15) is 0 Å². The maximum absolute atomic E-state index is 11.8. The quantitative estimate of drug-likeness (QED) is 0.388. The molecule has 2 N–H and O–H groups in total. The Morgan fingerprint density at radius 2 is 1.36 bits per heavy atom. The number of unbranched alkanes of at least 4 members (excludes halogenated alkanes) is 10. The monoisotopic (exact) mass is 373 g/mol. The highest BCUT2D eigenvalue weighted by molar-refractivity contribution is 8.14. The third-order valence-corrected chi connectivity index (χ3v) is 5.11. The summed E-state index contributed by atoms with van der Waals surface area (Å²) >= 11 is 0.997. The van der Waals surface area contributed by atoms with E-state index in [-0.39, 0.29) is 5.12 Å². The summed E-state index contributed by atoms with van der Waals surface area (Å²) < 4.78 is 0. The molecule has 6 heteroatoms. The average Bonchev–Trinajstić information content (AvgIpc) is 2.57. The molecule has 0 aromatic carbocycles. The van der Waals surface area contributed by atoms with Gasteiger partial charge in [-0.05, 0) is 13.3 Å². The molecule has 0 saturated carbocycles. The Bertz CT molecular complexity index is 388. The van der Waals surface area contributed by atoms with Crippen molar-refractivity contribution in [3.05, 3.63) is 0 Å². The van der Waals surface area contributed by atoms with Crippen LogP contribution >= 0.6 is 11.8 Å². The first-order chi connectivity index (χ1) is 12.0. The van der Waals surface area contributed by atoms with Crippen molar-refractivity contribution in [3.8, 4) is 0 Å². The number of nitrogens with one attached hydrogen (secondary N) is 1. The maximum atomic E-state index is 11.8. The number of amides is 1. The zero-order valence-corrected chi connectivity index (χ0v) is 16.7. The Balaban J connectivity index is 3.48. The summed E-state index contributed by atoms with van der Waals surface area (Å²) in [5.74, 6) is -1.49. The summed E-state index contributed by atoms with van der Waals surface area (Å²) in [6.45, 7) is 3.45. The molecular weight excluding hydrogens is 338 g/mol. The second-order valence-corrected chi connectivity index (χ2v) is 7.93. The predicted molar refractivity (Wildman–Crippen MR) is 104 cm³/mol. The molecule has 0 aliphatic heterocycles. The van der Waals surface area contributed by atoms with Crippen molar-refractivity contribution in [1.29, 1.82) is 0 Å². The van der Waals surface area contributed by atoms with Crippen LogP contribution in [0, 0.1) is 0 Å². The van der Waals surface area contributed by atoms with E-state index in [1.807, 2.05) is 0 Å². The van der Waals surface area contributed by atoms with E-state index in [1.165, 1.54) is 57.8 Å². The largest absolute Gasteiger partial charge is 0.480 e. The number of hydrogen-bond acceptors (Lipinski definition) is 4. The number of rotatable bonds is 16. The number of carboxylic acid groups (broad SMARTS) is 1. The van der Waals surface area contributed by atoms with E-state index in [9.17, 15) is 14.4 Å². The van der Waals surface area contributed by atoms with Gasteiger partial charge in [-0.1, -0.05) is 82.9 Å². The lowest BCUT2D eigenvalue weighted by Crippen LogP contribution is -2.35. The molecule has 5 nitrogen and oxygen atoms in total. The Morgan fingerprint density at radius 3 is 1.84 bits per heavy atom. The van der Waals surface area contributed by atoms with Gasteiger partial charge in [0.1, 0.15) is 6.54 Å². The molecule has 146 valence electrons.